The Morgan fingerprint density at radius 2 is 2.03 bits per heavy atom. The minimum absolute atomic E-state index is 0.180. The summed E-state index contributed by atoms with van der Waals surface area (Å²) in [4.78, 5) is 30.6. The third-order valence-corrected chi connectivity index (χ3v) is 7.11. The first kappa shape index (κ1) is 21.8. The van der Waals surface area contributed by atoms with Crippen LogP contribution in [0.25, 0.3) is 21.3 Å². The molecule has 7 nitrogen and oxygen atoms in total. The number of hydrogen-bond acceptors (Lipinski definition) is 7. The van der Waals surface area contributed by atoms with Crippen molar-refractivity contribution >= 4 is 45.0 Å². The van der Waals surface area contributed by atoms with E-state index in [4.69, 9.17) is 16.3 Å². The third kappa shape index (κ3) is 4.06. The molecule has 2 atom stereocenters. The van der Waals surface area contributed by atoms with E-state index < -0.39 is 12.3 Å². The highest BCUT2D eigenvalue weighted by atomic mass is 35.5. The molecule has 0 saturated carbocycles. The number of halogens is 2. The first-order valence-electron chi connectivity index (χ1n) is 10.4. The number of likely N-dealkylation sites (tertiary alicyclic amines) is 1. The number of amides is 2. The number of carbonyl (C=O) groups excluding carboxylic acids is 2. The number of fused-ring (bicyclic) bond motifs is 1. The summed E-state index contributed by atoms with van der Waals surface area (Å²) in [5.41, 5.74) is 2.19. The number of rotatable bonds is 5. The lowest BCUT2D eigenvalue weighted by molar-refractivity contribution is -0.138. The van der Waals surface area contributed by atoms with Crippen LogP contribution in [0.5, 0.6) is 5.75 Å². The van der Waals surface area contributed by atoms with Gasteiger partial charge >= 0.3 is 0 Å². The number of imide groups is 1. The van der Waals surface area contributed by atoms with Crippen LogP contribution in [-0.4, -0.2) is 47.1 Å². The average molecular weight is 485 g/mol. The lowest BCUT2D eigenvalue weighted by Gasteiger charge is -2.19. The lowest BCUT2D eigenvalue weighted by atomic mass is 10.0. The summed E-state index contributed by atoms with van der Waals surface area (Å²) in [6, 6.07) is 8.92. The summed E-state index contributed by atoms with van der Waals surface area (Å²) in [6.45, 7) is 0.718. The van der Waals surface area contributed by atoms with E-state index in [0.717, 1.165) is 15.1 Å². The molecular formula is C23H18ClFN4O3S. The quantitative estimate of drug-likeness (QED) is 0.553. The minimum atomic E-state index is -1.19. The van der Waals surface area contributed by atoms with Gasteiger partial charge in [0.2, 0.25) is 11.8 Å². The highest BCUT2D eigenvalue weighted by Crippen LogP contribution is 2.42. The zero-order valence-corrected chi connectivity index (χ0v) is 18.9. The molecule has 2 aliphatic heterocycles. The molecule has 2 saturated heterocycles. The van der Waals surface area contributed by atoms with Crippen LogP contribution in [0.3, 0.4) is 0 Å². The highest BCUT2D eigenvalue weighted by molar-refractivity contribution is 7.19. The van der Waals surface area contributed by atoms with Crippen LogP contribution in [-0.2, 0) is 16.1 Å². The summed E-state index contributed by atoms with van der Waals surface area (Å²) in [6.07, 6.45) is 0.186. The van der Waals surface area contributed by atoms with Crippen molar-refractivity contribution < 1.29 is 18.7 Å². The van der Waals surface area contributed by atoms with E-state index in [9.17, 15) is 19.2 Å². The highest BCUT2D eigenvalue weighted by Gasteiger charge is 2.31. The molecule has 2 amide bonds. The van der Waals surface area contributed by atoms with E-state index in [2.05, 4.69) is 16.4 Å². The Kier molecular flexibility index (Phi) is 5.74. The average Bonchev–Trinajstić information content (AvgIpc) is 3.49. The van der Waals surface area contributed by atoms with Crippen molar-refractivity contribution in [1.82, 2.24) is 15.2 Å². The van der Waals surface area contributed by atoms with Gasteiger partial charge in [0.1, 0.15) is 17.9 Å². The summed E-state index contributed by atoms with van der Waals surface area (Å²) in [5, 5.41) is 13.0. The van der Waals surface area contributed by atoms with Gasteiger partial charge in [-0.2, -0.15) is 5.26 Å². The number of nitriles is 1. The molecule has 0 bridgehead atoms. The monoisotopic (exact) mass is 484 g/mol. The summed E-state index contributed by atoms with van der Waals surface area (Å²) < 4.78 is 21.1. The van der Waals surface area contributed by atoms with Gasteiger partial charge < -0.3 is 10.1 Å². The Bertz CT molecular complexity index is 1310. The number of benzene rings is 1. The van der Waals surface area contributed by atoms with Gasteiger partial charge in [0.15, 0.2) is 6.17 Å². The molecule has 10 heteroatoms. The van der Waals surface area contributed by atoms with Crippen LogP contribution in [0.4, 0.5) is 4.39 Å². The maximum Gasteiger partial charge on any atom is 0.230 e. The van der Waals surface area contributed by atoms with Crippen molar-refractivity contribution in [3.8, 4) is 22.9 Å². The minimum Gasteiger partial charge on any atom is -0.484 e. The zero-order chi connectivity index (χ0) is 23.1. The number of hydrogen-bond donors (Lipinski definition) is 1. The van der Waals surface area contributed by atoms with E-state index >= 15 is 0 Å². The fraction of sp³-hybridized carbons (Fsp3) is 0.304. The smallest absolute Gasteiger partial charge is 0.230 e. The Balaban J connectivity index is 1.59. The van der Waals surface area contributed by atoms with Crippen molar-refractivity contribution in [1.29, 1.82) is 5.26 Å². The van der Waals surface area contributed by atoms with E-state index in [0.29, 0.717) is 22.6 Å². The van der Waals surface area contributed by atoms with Gasteiger partial charge in [0.25, 0.3) is 0 Å². The molecule has 0 unspecified atom stereocenters. The molecule has 0 aliphatic carbocycles. The van der Waals surface area contributed by atoms with Crippen LogP contribution < -0.4 is 10.1 Å². The number of carbonyl (C=O) groups is 2. The second kappa shape index (κ2) is 8.71. The first-order chi connectivity index (χ1) is 15.9. The van der Waals surface area contributed by atoms with Gasteiger partial charge in [-0.05, 0) is 24.3 Å². The molecule has 3 aromatic rings. The van der Waals surface area contributed by atoms with Crippen LogP contribution in [0.2, 0.25) is 5.02 Å². The Morgan fingerprint density at radius 1 is 1.24 bits per heavy atom. The van der Waals surface area contributed by atoms with Crippen molar-refractivity contribution in [2.24, 2.45) is 0 Å². The molecule has 1 aromatic carbocycles. The van der Waals surface area contributed by atoms with Crippen molar-refractivity contribution in [3.05, 3.63) is 45.9 Å². The molecule has 4 heterocycles. The van der Waals surface area contributed by atoms with Gasteiger partial charge in [0, 0.05) is 53.2 Å². The van der Waals surface area contributed by atoms with Gasteiger partial charge in [-0.1, -0.05) is 11.6 Å². The van der Waals surface area contributed by atoms with Crippen LogP contribution >= 0.6 is 22.9 Å². The second-order valence-electron chi connectivity index (χ2n) is 7.93. The fourth-order valence-corrected chi connectivity index (χ4v) is 5.47. The van der Waals surface area contributed by atoms with Gasteiger partial charge in [-0.25, -0.2) is 4.39 Å². The molecule has 0 radical (unpaired) electrons. The Labute approximate surface area is 197 Å². The van der Waals surface area contributed by atoms with Crippen molar-refractivity contribution in [2.75, 3.05) is 13.1 Å². The van der Waals surface area contributed by atoms with E-state index in [-0.39, 0.29) is 49.1 Å². The predicted octanol–water partition coefficient (Wildman–Crippen LogP) is 3.83. The van der Waals surface area contributed by atoms with Crippen LogP contribution in [0.15, 0.2) is 30.5 Å². The topological polar surface area (TPSA) is 95.3 Å². The first-order valence-corrected chi connectivity index (χ1v) is 11.6. The van der Waals surface area contributed by atoms with Crippen LogP contribution in [0.1, 0.15) is 23.3 Å². The molecular weight excluding hydrogens is 467 g/mol. The molecule has 2 fully saturated rings. The predicted molar refractivity (Wildman–Crippen MR) is 122 cm³/mol. The number of nitrogens with zero attached hydrogens (tertiary/aromatic N) is 3. The molecule has 2 aromatic heterocycles. The molecule has 33 heavy (non-hydrogen) atoms. The number of nitrogens with one attached hydrogen (secondary N) is 1. The molecule has 2 aliphatic rings. The lowest BCUT2D eigenvalue weighted by Crippen LogP contribution is -2.27. The second-order valence-corrected chi connectivity index (χ2v) is 9.50. The third-order valence-electron chi connectivity index (χ3n) is 5.75. The molecule has 5 rings (SSSR count). The standard InChI is InChI=1S/C23H18ClFN4O3S/c24-13-5-12(8-26)22(32-19-10-27-9-17(19)25)16(6-13)15-3-4-28-18-7-14(33-23(15)18)11-29-20(30)1-2-21(29)31/h3-7,17,19,27H,1-2,9-11H2/t17-,19+/m0/s1. The number of ether oxygens (including phenoxy) is 1. The van der Waals surface area contributed by atoms with Gasteiger partial charge in [-0.3, -0.25) is 19.5 Å². The Morgan fingerprint density at radius 3 is 2.73 bits per heavy atom. The maximum atomic E-state index is 14.3. The zero-order valence-electron chi connectivity index (χ0n) is 17.3. The summed E-state index contributed by atoms with van der Waals surface area (Å²) >= 11 is 7.72. The largest absolute Gasteiger partial charge is 0.484 e. The van der Waals surface area contributed by atoms with Crippen molar-refractivity contribution in [2.45, 2.75) is 31.7 Å². The number of thiophene rings is 1. The van der Waals surface area contributed by atoms with Crippen molar-refractivity contribution in [3.63, 3.8) is 0 Å². The number of pyridine rings is 1. The fourth-order valence-electron chi connectivity index (χ4n) is 4.13. The number of aromatic nitrogens is 1. The summed E-state index contributed by atoms with van der Waals surface area (Å²) in [5.74, 6) is -0.0906. The maximum absolute atomic E-state index is 14.3. The van der Waals surface area contributed by atoms with E-state index in [1.165, 1.54) is 22.3 Å². The summed E-state index contributed by atoms with van der Waals surface area (Å²) in [7, 11) is 0. The Hall–Kier alpha value is -3.06. The van der Waals surface area contributed by atoms with E-state index in [1.54, 1.807) is 18.3 Å². The molecule has 168 valence electrons. The van der Waals surface area contributed by atoms with Crippen LogP contribution in [0, 0.1) is 11.3 Å². The normalized spacial score (nSPS) is 20.6. The van der Waals surface area contributed by atoms with Gasteiger partial charge in [-0.15, -0.1) is 11.3 Å². The number of alkyl halides is 1. The SMILES string of the molecule is N#Cc1cc(Cl)cc(-c2ccnc3cc(CN4C(=O)CCC4=O)sc23)c1O[C@@H]1CNC[C@@H]1F. The molecule has 0 spiro atoms. The van der Waals surface area contributed by atoms with Gasteiger partial charge in [0.05, 0.1) is 22.3 Å². The van der Waals surface area contributed by atoms with E-state index in [1.807, 2.05) is 6.07 Å². The molecule has 1 N–H and O–H groups in total.